The molecule has 134 valence electrons. The van der Waals surface area contributed by atoms with Gasteiger partial charge in [-0.05, 0) is 55.7 Å². The molecular weight excluding hydrogens is 346 g/mol. The standard InChI is InChI=1S/C20H21N3O2S/c1-20(2,3)23-17(21-19(26)22-23)12-13-8-10-14(11-9-13)15-6-4-5-7-16(15)18(24)25/h4-11H,12H2,1-3H3,(H,22,26)(H,24,25). The number of hydrogen-bond donors (Lipinski definition) is 2. The van der Waals surface area contributed by atoms with Crippen molar-refractivity contribution in [1.29, 1.82) is 0 Å². The Bertz CT molecular complexity index is 995. The Hall–Kier alpha value is -2.73. The lowest BCUT2D eigenvalue weighted by atomic mass is 9.98. The third-order valence-corrected chi connectivity index (χ3v) is 4.33. The van der Waals surface area contributed by atoms with Crippen molar-refractivity contribution in [2.24, 2.45) is 0 Å². The van der Waals surface area contributed by atoms with Crippen LogP contribution in [0.5, 0.6) is 0 Å². The molecule has 0 unspecified atom stereocenters. The van der Waals surface area contributed by atoms with Crippen molar-refractivity contribution >= 4 is 18.2 Å². The highest BCUT2D eigenvalue weighted by atomic mass is 32.1. The van der Waals surface area contributed by atoms with Crippen LogP contribution in [0.15, 0.2) is 48.5 Å². The monoisotopic (exact) mass is 367 g/mol. The summed E-state index contributed by atoms with van der Waals surface area (Å²) < 4.78 is 2.46. The smallest absolute Gasteiger partial charge is 0.336 e. The maximum absolute atomic E-state index is 11.4. The van der Waals surface area contributed by atoms with E-state index in [1.54, 1.807) is 12.1 Å². The van der Waals surface area contributed by atoms with Gasteiger partial charge in [0, 0.05) is 6.42 Å². The van der Waals surface area contributed by atoms with Gasteiger partial charge in [-0.1, -0.05) is 42.5 Å². The van der Waals surface area contributed by atoms with E-state index in [9.17, 15) is 9.90 Å². The number of aromatic carboxylic acids is 1. The van der Waals surface area contributed by atoms with Crippen molar-refractivity contribution in [3.05, 3.63) is 70.3 Å². The van der Waals surface area contributed by atoms with Gasteiger partial charge in [-0.3, -0.25) is 9.78 Å². The van der Waals surface area contributed by atoms with Crippen molar-refractivity contribution in [2.75, 3.05) is 0 Å². The lowest BCUT2D eigenvalue weighted by molar-refractivity contribution is 0.0697. The van der Waals surface area contributed by atoms with Gasteiger partial charge in [-0.25, -0.2) is 9.78 Å². The van der Waals surface area contributed by atoms with E-state index >= 15 is 0 Å². The van der Waals surface area contributed by atoms with E-state index in [0.717, 1.165) is 17.0 Å². The largest absolute Gasteiger partial charge is 0.478 e. The van der Waals surface area contributed by atoms with Crippen LogP contribution < -0.4 is 0 Å². The molecule has 2 aromatic carbocycles. The third kappa shape index (κ3) is 3.75. The molecule has 3 rings (SSSR count). The van der Waals surface area contributed by atoms with E-state index in [-0.39, 0.29) is 5.54 Å². The summed E-state index contributed by atoms with van der Waals surface area (Å²) in [7, 11) is 0. The molecule has 0 aliphatic carbocycles. The zero-order valence-corrected chi connectivity index (χ0v) is 15.8. The predicted octanol–water partition coefficient (Wildman–Crippen LogP) is 4.65. The van der Waals surface area contributed by atoms with Crippen molar-refractivity contribution in [1.82, 2.24) is 14.8 Å². The fourth-order valence-corrected chi connectivity index (χ4v) is 3.13. The molecule has 1 aromatic heterocycles. The quantitative estimate of drug-likeness (QED) is 0.659. The molecule has 0 bridgehead atoms. The van der Waals surface area contributed by atoms with Crippen LogP contribution in [0.2, 0.25) is 0 Å². The molecule has 0 aliphatic heterocycles. The van der Waals surface area contributed by atoms with Crippen LogP contribution >= 0.6 is 12.2 Å². The third-order valence-electron chi connectivity index (χ3n) is 4.15. The molecule has 6 heteroatoms. The minimum Gasteiger partial charge on any atom is -0.478 e. The van der Waals surface area contributed by atoms with Crippen molar-refractivity contribution in [3.63, 3.8) is 0 Å². The molecule has 26 heavy (non-hydrogen) atoms. The van der Waals surface area contributed by atoms with E-state index in [1.807, 2.05) is 41.1 Å². The molecule has 2 N–H and O–H groups in total. The lowest BCUT2D eigenvalue weighted by Gasteiger charge is -2.22. The van der Waals surface area contributed by atoms with E-state index in [0.29, 0.717) is 22.3 Å². The first kappa shape index (κ1) is 18.1. The van der Waals surface area contributed by atoms with Gasteiger partial charge in [-0.15, -0.1) is 0 Å². The second kappa shape index (κ2) is 6.88. The maximum Gasteiger partial charge on any atom is 0.336 e. The highest BCUT2D eigenvalue weighted by Crippen LogP contribution is 2.25. The molecule has 0 amide bonds. The van der Waals surface area contributed by atoms with Gasteiger partial charge in [0.1, 0.15) is 5.82 Å². The second-order valence-corrected chi connectivity index (χ2v) is 7.56. The second-order valence-electron chi connectivity index (χ2n) is 7.18. The predicted molar refractivity (Wildman–Crippen MR) is 104 cm³/mol. The number of hydrogen-bond acceptors (Lipinski definition) is 3. The van der Waals surface area contributed by atoms with Gasteiger partial charge in [0.25, 0.3) is 0 Å². The number of nitrogens with zero attached hydrogens (tertiary/aromatic N) is 2. The van der Waals surface area contributed by atoms with Crippen LogP contribution in [-0.4, -0.2) is 25.8 Å². The van der Waals surface area contributed by atoms with Gasteiger partial charge in [-0.2, -0.15) is 0 Å². The number of rotatable bonds is 4. The van der Waals surface area contributed by atoms with E-state index in [1.165, 1.54) is 0 Å². The number of nitrogens with one attached hydrogen (secondary N) is 1. The van der Waals surface area contributed by atoms with Crippen molar-refractivity contribution < 1.29 is 9.90 Å². The molecule has 5 nitrogen and oxygen atoms in total. The topological polar surface area (TPSA) is 70.9 Å². The zero-order valence-electron chi connectivity index (χ0n) is 15.0. The Balaban J connectivity index is 1.91. The average Bonchev–Trinajstić information content (AvgIpc) is 2.96. The zero-order chi connectivity index (χ0) is 18.9. The summed E-state index contributed by atoms with van der Waals surface area (Å²) in [4.78, 5) is 15.8. The minimum atomic E-state index is -0.926. The Morgan fingerprint density at radius 1 is 1.15 bits per heavy atom. The summed E-state index contributed by atoms with van der Waals surface area (Å²) in [5.41, 5.74) is 2.83. The van der Waals surface area contributed by atoms with Crippen molar-refractivity contribution in [3.8, 4) is 11.1 Å². The van der Waals surface area contributed by atoms with Gasteiger partial charge in [0.05, 0.1) is 11.1 Å². The highest BCUT2D eigenvalue weighted by molar-refractivity contribution is 7.71. The summed E-state index contributed by atoms with van der Waals surface area (Å²) in [5.74, 6) is -0.0495. The molecule has 0 fully saturated rings. The minimum absolute atomic E-state index is 0.139. The lowest BCUT2D eigenvalue weighted by Crippen LogP contribution is -2.25. The van der Waals surface area contributed by atoms with Crippen LogP contribution in [0, 0.1) is 4.77 Å². The number of H-pyrrole nitrogens is 1. The Kier molecular flexibility index (Phi) is 4.78. The molecular formula is C20H21N3O2S. The molecule has 0 spiro atoms. The molecule has 0 saturated carbocycles. The Labute approximate surface area is 157 Å². The SMILES string of the molecule is CC(C)(C)n1[nH]c(=S)nc1Cc1ccc(-c2ccccc2C(=O)O)cc1. The number of carbonyl (C=O) groups is 1. The fraction of sp³-hybridized carbons (Fsp3) is 0.250. The van der Waals surface area contributed by atoms with Crippen LogP contribution in [-0.2, 0) is 12.0 Å². The molecule has 0 atom stereocenters. The Morgan fingerprint density at radius 2 is 1.81 bits per heavy atom. The van der Waals surface area contributed by atoms with E-state index in [4.69, 9.17) is 12.2 Å². The van der Waals surface area contributed by atoms with Gasteiger partial charge >= 0.3 is 5.97 Å². The number of benzene rings is 2. The van der Waals surface area contributed by atoms with Gasteiger partial charge < -0.3 is 5.11 Å². The summed E-state index contributed by atoms with van der Waals surface area (Å²) in [6.07, 6.45) is 0.644. The number of aromatic amines is 1. The first-order valence-corrected chi connectivity index (χ1v) is 8.76. The van der Waals surface area contributed by atoms with Crippen LogP contribution in [0.1, 0.15) is 42.5 Å². The average molecular weight is 367 g/mol. The van der Waals surface area contributed by atoms with Gasteiger partial charge in [0.15, 0.2) is 0 Å². The van der Waals surface area contributed by atoms with Crippen LogP contribution in [0.4, 0.5) is 0 Å². The summed E-state index contributed by atoms with van der Waals surface area (Å²) in [6.45, 7) is 6.28. The normalized spacial score (nSPS) is 11.5. The number of aromatic nitrogens is 3. The van der Waals surface area contributed by atoms with E-state index < -0.39 is 5.97 Å². The summed E-state index contributed by atoms with van der Waals surface area (Å²) in [6, 6.07) is 14.9. The van der Waals surface area contributed by atoms with Crippen LogP contribution in [0.25, 0.3) is 11.1 Å². The molecule has 3 aromatic rings. The number of carboxylic acid groups (broad SMARTS) is 1. The molecule has 1 heterocycles. The summed E-state index contributed by atoms with van der Waals surface area (Å²) in [5, 5.41) is 12.5. The molecule has 0 saturated heterocycles. The van der Waals surface area contributed by atoms with Crippen molar-refractivity contribution in [2.45, 2.75) is 32.7 Å². The first-order valence-electron chi connectivity index (χ1n) is 8.36. The van der Waals surface area contributed by atoms with E-state index in [2.05, 4.69) is 30.9 Å². The Morgan fingerprint density at radius 3 is 2.42 bits per heavy atom. The highest BCUT2D eigenvalue weighted by Gasteiger charge is 2.18. The molecule has 0 radical (unpaired) electrons. The summed E-state index contributed by atoms with van der Waals surface area (Å²) >= 11 is 5.19. The molecule has 0 aliphatic rings. The fourth-order valence-electron chi connectivity index (χ4n) is 2.93. The maximum atomic E-state index is 11.4. The van der Waals surface area contributed by atoms with Gasteiger partial charge in [0.2, 0.25) is 4.77 Å². The number of carboxylic acids is 1. The van der Waals surface area contributed by atoms with Crippen LogP contribution in [0.3, 0.4) is 0 Å². The first-order chi connectivity index (χ1) is 12.3.